The number of rotatable bonds is 4. The highest BCUT2D eigenvalue weighted by atomic mass is 32.1. The van der Waals surface area contributed by atoms with Gasteiger partial charge in [-0.3, -0.25) is 4.98 Å². The lowest BCUT2D eigenvalue weighted by molar-refractivity contribution is 0.134. The average Bonchev–Trinajstić information content (AvgIpc) is 2.52. The van der Waals surface area contributed by atoms with E-state index in [1.807, 2.05) is 6.92 Å². The van der Waals surface area contributed by atoms with Gasteiger partial charge >= 0.3 is 0 Å². The maximum Gasteiger partial charge on any atom is 0.0794 e. The molecule has 0 bridgehead atoms. The third kappa shape index (κ3) is 2.57. The van der Waals surface area contributed by atoms with E-state index in [4.69, 9.17) is 10.5 Å². The van der Waals surface area contributed by atoms with Gasteiger partial charge in [-0.1, -0.05) is 0 Å². The van der Waals surface area contributed by atoms with Gasteiger partial charge in [-0.25, -0.2) is 0 Å². The monoisotopic (exact) mass is 172 g/mol. The second-order valence-electron chi connectivity index (χ2n) is 2.17. The van der Waals surface area contributed by atoms with E-state index in [0.29, 0.717) is 13.2 Å². The highest BCUT2D eigenvalue weighted by Gasteiger charge is 2.06. The van der Waals surface area contributed by atoms with Crippen LogP contribution in [0.3, 0.4) is 0 Å². The largest absolute Gasteiger partial charge is 0.380 e. The topological polar surface area (TPSA) is 48.1 Å². The zero-order valence-electron chi connectivity index (χ0n) is 6.49. The first-order chi connectivity index (χ1) is 5.34. The van der Waals surface area contributed by atoms with Crippen molar-refractivity contribution in [1.29, 1.82) is 0 Å². The molecular formula is C7H12N2OS. The highest BCUT2D eigenvalue weighted by molar-refractivity contribution is 7.09. The lowest BCUT2D eigenvalue weighted by Crippen LogP contribution is -2.15. The molecule has 0 aliphatic heterocycles. The van der Waals surface area contributed by atoms with Gasteiger partial charge in [-0.15, -0.1) is 11.3 Å². The van der Waals surface area contributed by atoms with E-state index in [1.54, 1.807) is 23.0 Å². The molecule has 11 heavy (non-hydrogen) atoms. The van der Waals surface area contributed by atoms with Crippen molar-refractivity contribution in [1.82, 2.24) is 4.98 Å². The SMILES string of the molecule is CCOCC(N)c1cncs1. The zero-order valence-corrected chi connectivity index (χ0v) is 7.30. The van der Waals surface area contributed by atoms with Crippen LogP contribution >= 0.6 is 11.3 Å². The van der Waals surface area contributed by atoms with Gasteiger partial charge in [0.2, 0.25) is 0 Å². The molecule has 1 unspecified atom stereocenters. The van der Waals surface area contributed by atoms with E-state index in [1.165, 1.54) is 0 Å². The van der Waals surface area contributed by atoms with Gasteiger partial charge in [0.25, 0.3) is 0 Å². The number of hydrogen-bond donors (Lipinski definition) is 1. The molecule has 4 heteroatoms. The molecule has 1 heterocycles. The fourth-order valence-electron chi connectivity index (χ4n) is 0.736. The van der Waals surface area contributed by atoms with Crippen LogP contribution in [0.1, 0.15) is 17.8 Å². The summed E-state index contributed by atoms with van der Waals surface area (Å²) in [6.45, 7) is 3.25. The fraction of sp³-hybridized carbons (Fsp3) is 0.571. The summed E-state index contributed by atoms with van der Waals surface area (Å²) >= 11 is 1.57. The van der Waals surface area contributed by atoms with E-state index in [9.17, 15) is 0 Å². The molecule has 0 saturated heterocycles. The van der Waals surface area contributed by atoms with Gasteiger partial charge in [0.05, 0.1) is 18.2 Å². The Kier molecular flexibility index (Phi) is 3.48. The number of nitrogens with zero attached hydrogens (tertiary/aromatic N) is 1. The first kappa shape index (κ1) is 8.64. The first-order valence-corrected chi connectivity index (χ1v) is 4.44. The molecule has 3 nitrogen and oxygen atoms in total. The molecule has 1 rings (SSSR count). The quantitative estimate of drug-likeness (QED) is 0.742. The van der Waals surface area contributed by atoms with Crippen LogP contribution in [-0.4, -0.2) is 18.2 Å². The number of hydrogen-bond acceptors (Lipinski definition) is 4. The van der Waals surface area contributed by atoms with E-state index < -0.39 is 0 Å². The number of thiazole rings is 1. The molecule has 0 aliphatic carbocycles. The van der Waals surface area contributed by atoms with Gasteiger partial charge in [0.1, 0.15) is 0 Å². The molecule has 1 atom stereocenters. The lowest BCUT2D eigenvalue weighted by atomic mass is 10.3. The Hall–Kier alpha value is -0.450. The van der Waals surface area contributed by atoms with Gasteiger partial charge in [0, 0.05) is 17.7 Å². The van der Waals surface area contributed by atoms with E-state index in [-0.39, 0.29) is 6.04 Å². The second-order valence-corrected chi connectivity index (χ2v) is 3.09. The van der Waals surface area contributed by atoms with Crippen molar-refractivity contribution in [3.8, 4) is 0 Å². The third-order valence-electron chi connectivity index (χ3n) is 1.32. The number of nitrogens with two attached hydrogens (primary N) is 1. The molecule has 1 aromatic rings. The minimum atomic E-state index is -0.0116. The van der Waals surface area contributed by atoms with Gasteiger partial charge in [-0.2, -0.15) is 0 Å². The van der Waals surface area contributed by atoms with E-state index in [2.05, 4.69) is 4.98 Å². The summed E-state index contributed by atoms with van der Waals surface area (Å²) in [5.41, 5.74) is 7.55. The van der Waals surface area contributed by atoms with Crippen LogP contribution in [0, 0.1) is 0 Å². The summed E-state index contributed by atoms with van der Waals surface area (Å²) in [5, 5.41) is 0. The first-order valence-electron chi connectivity index (χ1n) is 3.56. The number of aromatic nitrogens is 1. The predicted octanol–water partition coefficient (Wildman–Crippen LogP) is 1.18. The summed E-state index contributed by atoms with van der Waals surface area (Å²) in [5.74, 6) is 0. The molecule has 0 spiro atoms. The fourth-order valence-corrected chi connectivity index (χ4v) is 1.34. The maximum atomic E-state index is 5.77. The minimum absolute atomic E-state index is 0.0116. The highest BCUT2D eigenvalue weighted by Crippen LogP contribution is 2.14. The van der Waals surface area contributed by atoms with Crippen LogP contribution in [0.25, 0.3) is 0 Å². The van der Waals surface area contributed by atoms with Crippen LogP contribution in [0.4, 0.5) is 0 Å². The van der Waals surface area contributed by atoms with Crippen molar-refractivity contribution in [2.75, 3.05) is 13.2 Å². The summed E-state index contributed by atoms with van der Waals surface area (Å²) in [4.78, 5) is 5.02. The Morgan fingerprint density at radius 1 is 1.82 bits per heavy atom. The molecule has 2 N–H and O–H groups in total. The lowest BCUT2D eigenvalue weighted by Gasteiger charge is -2.07. The van der Waals surface area contributed by atoms with Gasteiger partial charge in [0.15, 0.2) is 0 Å². The van der Waals surface area contributed by atoms with Crippen LogP contribution < -0.4 is 5.73 Å². The van der Waals surface area contributed by atoms with Crippen molar-refractivity contribution < 1.29 is 4.74 Å². The Morgan fingerprint density at radius 2 is 2.64 bits per heavy atom. The molecule has 0 saturated carbocycles. The molecule has 62 valence electrons. The predicted molar refractivity (Wildman–Crippen MR) is 45.5 cm³/mol. The Balaban J connectivity index is 2.36. The number of ether oxygens (including phenoxy) is 1. The second kappa shape index (κ2) is 4.43. The summed E-state index contributed by atoms with van der Waals surface area (Å²) in [6, 6.07) is -0.0116. The van der Waals surface area contributed by atoms with Crippen molar-refractivity contribution in [3.05, 3.63) is 16.6 Å². The smallest absolute Gasteiger partial charge is 0.0794 e. The van der Waals surface area contributed by atoms with Crippen LogP contribution in [0.2, 0.25) is 0 Å². The van der Waals surface area contributed by atoms with E-state index in [0.717, 1.165) is 4.88 Å². The minimum Gasteiger partial charge on any atom is -0.380 e. The van der Waals surface area contributed by atoms with Gasteiger partial charge in [-0.05, 0) is 6.92 Å². The summed E-state index contributed by atoms with van der Waals surface area (Å²) < 4.78 is 5.17. The average molecular weight is 172 g/mol. The molecule has 0 fully saturated rings. The van der Waals surface area contributed by atoms with Crippen molar-refractivity contribution in [2.24, 2.45) is 5.73 Å². The molecule has 0 aliphatic rings. The van der Waals surface area contributed by atoms with Crippen molar-refractivity contribution >= 4 is 11.3 Å². The third-order valence-corrected chi connectivity index (χ3v) is 2.23. The summed E-state index contributed by atoms with van der Waals surface area (Å²) in [7, 11) is 0. The molecule has 1 aromatic heterocycles. The standard InChI is InChI=1S/C7H12N2OS/c1-2-10-4-6(8)7-3-9-5-11-7/h3,5-6H,2,4,8H2,1H3. The molecular weight excluding hydrogens is 160 g/mol. The Bertz CT molecular complexity index is 188. The van der Waals surface area contributed by atoms with Crippen LogP contribution in [0.5, 0.6) is 0 Å². The Labute approximate surface area is 70.2 Å². The van der Waals surface area contributed by atoms with Gasteiger partial charge < -0.3 is 10.5 Å². The normalized spacial score (nSPS) is 13.3. The van der Waals surface area contributed by atoms with Crippen molar-refractivity contribution in [2.45, 2.75) is 13.0 Å². The Morgan fingerprint density at radius 3 is 3.18 bits per heavy atom. The summed E-state index contributed by atoms with van der Waals surface area (Å²) in [6.07, 6.45) is 1.79. The van der Waals surface area contributed by atoms with Crippen LogP contribution in [-0.2, 0) is 4.74 Å². The maximum absolute atomic E-state index is 5.77. The van der Waals surface area contributed by atoms with Crippen LogP contribution in [0.15, 0.2) is 11.7 Å². The zero-order chi connectivity index (χ0) is 8.10. The molecule has 0 radical (unpaired) electrons. The molecule has 0 amide bonds. The molecule has 0 aromatic carbocycles. The van der Waals surface area contributed by atoms with Crippen molar-refractivity contribution in [3.63, 3.8) is 0 Å². The van der Waals surface area contributed by atoms with E-state index >= 15 is 0 Å².